The Morgan fingerprint density at radius 2 is 1.77 bits per heavy atom. The van der Waals surface area contributed by atoms with E-state index >= 15 is 0 Å². The fourth-order valence-electron chi connectivity index (χ4n) is 4.84. The smallest absolute Gasteiger partial charge is 0.223 e. The van der Waals surface area contributed by atoms with Gasteiger partial charge in [-0.05, 0) is 47.4 Å². The van der Waals surface area contributed by atoms with Crippen molar-refractivity contribution >= 4 is 5.91 Å². The first-order chi connectivity index (χ1) is 16.8. The summed E-state index contributed by atoms with van der Waals surface area (Å²) in [7, 11) is 0. The molecule has 5 heteroatoms. The van der Waals surface area contributed by atoms with Crippen LogP contribution in [-0.2, 0) is 22.7 Å². The summed E-state index contributed by atoms with van der Waals surface area (Å²) >= 11 is 0. The number of benzene rings is 2. The summed E-state index contributed by atoms with van der Waals surface area (Å²) in [5.41, 5.74) is 2.48. The third-order valence-electron chi connectivity index (χ3n) is 6.36. The van der Waals surface area contributed by atoms with Gasteiger partial charge in [0.25, 0.3) is 0 Å². The Kier molecular flexibility index (Phi) is 10.6. The van der Waals surface area contributed by atoms with E-state index in [0.29, 0.717) is 25.5 Å². The number of amides is 1. The molecule has 1 fully saturated rings. The molecular formula is C30H44N2O3. The summed E-state index contributed by atoms with van der Waals surface area (Å²) in [4.78, 5) is 17.9. The molecule has 1 aliphatic heterocycles. The highest BCUT2D eigenvalue weighted by atomic mass is 16.5. The van der Waals surface area contributed by atoms with E-state index in [0.717, 1.165) is 69.1 Å². The second kappa shape index (κ2) is 13.6. The van der Waals surface area contributed by atoms with Crippen LogP contribution < -0.4 is 4.74 Å². The molecule has 3 rings (SSSR count). The van der Waals surface area contributed by atoms with Crippen molar-refractivity contribution in [1.29, 1.82) is 0 Å². The highest BCUT2D eigenvalue weighted by molar-refractivity contribution is 5.76. The molecule has 0 aliphatic carbocycles. The molecule has 5 nitrogen and oxygen atoms in total. The van der Waals surface area contributed by atoms with Gasteiger partial charge >= 0.3 is 0 Å². The number of morpholine rings is 1. The Hall–Kier alpha value is -2.37. The molecular weight excluding hydrogens is 436 g/mol. The lowest BCUT2D eigenvalue weighted by atomic mass is 9.84. The molecule has 0 aromatic heterocycles. The minimum atomic E-state index is 0.227. The molecule has 2 aromatic carbocycles. The molecule has 1 heterocycles. The molecule has 0 N–H and O–H groups in total. The van der Waals surface area contributed by atoms with E-state index in [1.54, 1.807) is 0 Å². The molecule has 1 unspecified atom stereocenters. The minimum absolute atomic E-state index is 0.227. The number of hydrogen-bond acceptors (Lipinski definition) is 4. The summed E-state index contributed by atoms with van der Waals surface area (Å²) in [5.74, 6) is 1.46. The maximum Gasteiger partial charge on any atom is 0.223 e. The van der Waals surface area contributed by atoms with E-state index in [4.69, 9.17) is 9.47 Å². The Labute approximate surface area is 212 Å². The second-order valence-electron chi connectivity index (χ2n) is 11.1. The van der Waals surface area contributed by atoms with Gasteiger partial charge in [0, 0.05) is 39.1 Å². The molecule has 192 valence electrons. The standard InChI is InChI=1S/C30H44N2O3/c1-25(22-30(2,3)4)20-29(33)32(15-9-14-31-16-18-34-19-17-31)23-27-12-8-13-28(21-27)35-24-26-10-6-5-7-11-26/h5-8,10-13,21,25H,9,14-20,22-24H2,1-4H3. The van der Waals surface area contributed by atoms with E-state index in [-0.39, 0.29) is 11.3 Å². The zero-order chi connectivity index (χ0) is 25.1. The Morgan fingerprint density at radius 3 is 2.49 bits per heavy atom. The van der Waals surface area contributed by atoms with Gasteiger partial charge in [0.1, 0.15) is 12.4 Å². The van der Waals surface area contributed by atoms with Crippen molar-refractivity contribution in [3.05, 3.63) is 65.7 Å². The van der Waals surface area contributed by atoms with Gasteiger partial charge in [-0.3, -0.25) is 9.69 Å². The van der Waals surface area contributed by atoms with Crippen molar-refractivity contribution in [3.63, 3.8) is 0 Å². The SMILES string of the molecule is CC(CC(=O)N(CCCN1CCOCC1)Cc1cccc(OCc2ccccc2)c1)CC(C)(C)C. The topological polar surface area (TPSA) is 42.0 Å². The average molecular weight is 481 g/mol. The molecule has 1 atom stereocenters. The van der Waals surface area contributed by atoms with Crippen LogP contribution in [0.5, 0.6) is 5.75 Å². The molecule has 0 spiro atoms. The fourth-order valence-corrected chi connectivity index (χ4v) is 4.84. The molecule has 0 saturated carbocycles. The minimum Gasteiger partial charge on any atom is -0.489 e. The largest absolute Gasteiger partial charge is 0.489 e. The molecule has 1 amide bonds. The normalized spacial score (nSPS) is 15.5. The molecule has 1 saturated heterocycles. The van der Waals surface area contributed by atoms with Crippen LogP contribution in [0.2, 0.25) is 0 Å². The Morgan fingerprint density at radius 1 is 1.06 bits per heavy atom. The second-order valence-corrected chi connectivity index (χ2v) is 11.1. The Bertz CT molecular complexity index is 888. The van der Waals surface area contributed by atoms with Crippen LogP contribution >= 0.6 is 0 Å². The van der Waals surface area contributed by atoms with E-state index in [2.05, 4.69) is 61.8 Å². The fraction of sp³-hybridized carbons (Fsp3) is 0.567. The average Bonchev–Trinajstić information content (AvgIpc) is 2.82. The van der Waals surface area contributed by atoms with Crippen LogP contribution in [-0.4, -0.2) is 55.1 Å². The first-order valence-electron chi connectivity index (χ1n) is 13.1. The summed E-state index contributed by atoms with van der Waals surface area (Å²) in [6.45, 7) is 15.5. The molecule has 0 radical (unpaired) electrons. The van der Waals surface area contributed by atoms with E-state index in [9.17, 15) is 4.79 Å². The number of ether oxygens (including phenoxy) is 2. The van der Waals surface area contributed by atoms with E-state index in [1.807, 2.05) is 30.3 Å². The summed E-state index contributed by atoms with van der Waals surface area (Å²) < 4.78 is 11.5. The van der Waals surface area contributed by atoms with E-state index < -0.39 is 0 Å². The van der Waals surface area contributed by atoms with Gasteiger partial charge in [-0.15, -0.1) is 0 Å². The lowest BCUT2D eigenvalue weighted by molar-refractivity contribution is -0.133. The van der Waals surface area contributed by atoms with Crippen molar-refractivity contribution in [3.8, 4) is 5.75 Å². The maximum atomic E-state index is 13.4. The van der Waals surface area contributed by atoms with Crippen LogP contribution in [0.15, 0.2) is 54.6 Å². The van der Waals surface area contributed by atoms with Crippen molar-refractivity contribution in [2.75, 3.05) is 39.4 Å². The Balaban J connectivity index is 1.61. The van der Waals surface area contributed by atoms with Crippen LogP contribution in [0.3, 0.4) is 0 Å². The zero-order valence-electron chi connectivity index (χ0n) is 22.2. The van der Waals surface area contributed by atoms with Crippen molar-refractivity contribution in [2.24, 2.45) is 11.3 Å². The highest BCUT2D eigenvalue weighted by Crippen LogP contribution is 2.27. The number of nitrogens with zero attached hydrogens (tertiary/aromatic N) is 2. The van der Waals surface area contributed by atoms with Gasteiger partial charge in [-0.25, -0.2) is 0 Å². The lowest BCUT2D eigenvalue weighted by Crippen LogP contribution is -2.39. The third-order valence-corrected chi connectivity index (χ3v) is 6.36. The van der Waals surface area contributed by atoms with Crippen molar-refractivity contribution < 1.29 is 14.3 Å². The number of rotatable bonds is 12. The van der Waals surface area contributed by atoms with Gasteiger partial charge in [0.05, 0.1) is 13.2 Å². The first kappa shape index (κ1) is 27.2. The van der Waals surface area contributed by atoms with Crippen LogP contribution in [0.4, 0.5) is 0 Å². The summed E-state index contributed by atoms with van der Waals surface area (Å²) in [5, 5.41) is 0. The van der Waals surface area contributed by atoms with Crippen LogP contribution in [0, 0.1) is 11.3 Å². The lowest BCUT2D eigenvalue weighted by Gasteiger charge is -2.29. The molecule has 1 aliphatic rings. The molecule has 0 bridgehead atoms. The zero-order valence-corrected chi connectivity index (χ0v) is 22.2. The molecule has 35 heavy (non-hydrogen) atoms. The van der Waals surface area contributed by atoms with Crippen LogP contribution in [0.1, 0.15) is 58.1 Å². The third kappa shape index (κ3) is 10.4. The van der Waals surface area contributed by atoms with Gasteiger partial charge in [0.2, 0.25) is 5.91 Å². The van der Waals surface area contributed by atoms with Gasteiger partial charge in [0.15, 0.2) is 0 Å². The summed E-state index contributed by atoms with van der Waals surface area (Å²) in [6.07, 6.45) is 2.62. The van der Waals surface area contributed by atoms with Crippen molar-refractivity contribution in [1.82, 2.24) is 9.80 Å². The van der Waals surface area contributed by atoms with Gasteiger partial charge in [-0.1, -0.05) is 70.2 Å². The summed E-state index contributed by atoms with van der Waals surface area (Å²) in [6, 6.07) is 18.4. The highest BCUT2D eigenvalue weighted by Gasteiger charge is 2.22. The molecule has 2 aromatic rings. The van der Waals surface area contributed by atoms with Crippen molar-refractivity contribution in [2.45, 2.75) is 60.1 Å². The van der Waals surface area contributed by atoms with E-state index in [1.165, 1.54) is 0 Å². The van der Waals surface area contributed by atoms with Gasteiger partial charge < -0.3 is 14.4 Å². The monoisotopic (exact) mass is 480 g/mol. The number of hydrogen-bond donors (Lipinski definition) is 0. The quantitative estimate of drug-likeness (QED) is 0.386. The predicted molar refractivity (Wildman–Crippen MR) is 142 cm³/mol. The first-order valence-corrected chi connectivity index (χ1v) is 13.1. The van der Waals surface area contributed by atoms with Gasteiger partial charge in [-0.2, -0.15) is 0 Å². The maximum absolute atomic E-state index is 13.4. The number of carbonyl (C=O) groups is 1. The number of carbonyl (C=O) groups excluding carboxylic acids is 1. The van der Waals surface area contributed by atoms with Crippen LogP contribution in [0.25, 0.3) is 0 Å². The predicted octanol–water partition coefficient (Wildman–Crippen LogP) is 5.78.